The van der Waals surface area contributed by atoms with Crippen LogP contribution in [0.15, 0.2) is 53.2 Å². The molecule has 0 spiro atoms. The van der Waals surface area contributed by atoms with Crippen molar-refractivity contribution in [1.29, 1.82) is 0 Å². The SMILES string of the molecule is Cc1ccc2oc(C(=O)N3CCC(c4c[nH]c5ncccc45)CC3)cc2c1. The number of likely N-dealkylation sites (tertiary alicyclic amines) is 1. The van der Waals surface area contributed by atoms with Crippen LogP contribution < -0.4 is 0 Å². The Hall–Kier alpha value is -3.08. The van der Waals surface area contributed by atoms with E-state index >= 15 is 0 Å². The summed E-state index contributed by atoms with van der Waals surface area (Å²) in [5, 5.41) is 2.18. The summed E-state index contributed by atoms with van der Waals surface area (Å²) in [6.45, 7) is 3.53. The topological polar surface area (TPSA) is 62.1 Å². The number of aromatic amines is 1. The van der Waals surface area contributed by atoms with Gasteiger partial charge in [-0.25, -0.2) is 4.98 Å². The first-order chi connectivity index (χ1) is 13.2. The van der Waals surface area contributed by atoms with E-state index < -0.39 is 0 Å². The predicted octanol–water partition coefficient (Wildman–Crippen LogP) is 4.64. The molecule has 4 aromatic rings. The largest absolute Gasteiger partial charge is 0.451 e. The van der Waals surface area contributed by atoms with E-state index in [1.165, 1.54) is 10.9 Å². The molecule has 1 saturated heterocycles. The summed E-state index contributed by atoms with van der Waals surface area (Å²) in [5.41, 5.74) is 4.18. The van der Waals surface area contributed by atoms with Gasteiger partial charge in [-0.3, -0.25) is 4.79 Å². The molecule has 5 rings (SSSR count). The number of pyridine rings is 1. The lowest BCUT2D eigenvalue weighted by molar-refractivity contribution is 0.0683. The first-order valence-electron chi connectivity index (χ1n) is 9.40. The Bertz CT molecular complexity index is 1130. The lowest BCUT2D eigenvalue weighted by Gasteiger charge is -2.31. The molecule has 27 heavy (non-hydrogen) atoms. The fourth-order valence-corrected chi connectivity index (χ4v) is 4.13. The van der Waals surface area contributed by atoms with Crippen molar-refractivity contribution in [3.8, 4) is 0 Å². The van der Waals surface area contributed by atoms with E-state index in [1.807, 2.05) is 42.2 Å². The van der Waals surface area contributed by atoms with Gasteiger partial charge in [0.05, 0.1) is 0 Å². The summed E-state index contributed by atoms with van der Waals surface area (Å²) >= 11 is 0. The molecule has 1 aliphatic rings. The number of carbonyl (C=O) groups is 1. The maximum Gasteiger partial charge on any atom is 0.289 e. The van der Waals surface area contributed by atoms with Crippen LogP contribution in [0.4, 0.5) is 0 Å². The van der Waals surface area contributed by atoms with E-state index in [1.54, 1.807) is 6.20 Å². The average molecular weight is 359 g/mol. The second kappa shape index (κ2) is 6.27. The van der Waals surface area contributed by atoms with Gasteiger partial charge < -0.3 is 14.3 Å². The lowest BCUT2D eigenvalue weighted by Crippen LogP contribution is -2.37. The van der Waals surface area contributed by atoms with Crippen LogP contribution in [0.2, 0.25) is 0 Å². The Labute approximate surface area is 157 Å². The van der Waals surface area contributed by atoms with E-state index in [2.05, 4.69) is 22.2 Å². The highest BCUT2D eigenvalue weighted by Gasteiger charge is 2.27. The number of carbonyl (C=O) groups excluding carboxylic acids is 1. The van der Waals surface area contributed by atoms with Gasteiger partial charge in [0.2, 0.25) is 0 Å². The lowest BCUT2D eigenvalue weighted by atomic mass is 9.89. The molecule has 5 nitrogen and oxygen atoms in total. The molecule has 0 aliphatic carbocycles. The van der Waals surface area contributed by atoms with Crippen molar-refractivity contribution in [2.45, 2.75) is 25.7 Å². The zero-order valence-electron chi connectivity index (χ0n) is 15.2. The zero-order chi connectivity index (χ0) is 18.4. The van der Waals surface area contributed by atoms with Gasteiger partial charge in [0, 0.05) is 36.3 Å². The average Bonchev–Trinajstić information content (AvgIpc) is 3.31. The number of hydrogen-bond acceptors (Lipinski definition) is 3. The van der Waals surface area contributed by atoms with Crippen LogP contribution in [0.1, 0.15) is 40.4 Å². The molecule has 1 aliphatic heterocycles. The monoisotopic (exact) mass is 359 g/mol. The summed E-state index contributed by atoms with van der Waals surface area (Å²) in [6, 6.07) is 11.9. The maximum atomic E-state index is 12.9. The molecule has 0 radical (unpaired) electrons. The van der Waals surface area contributed by atoms with Crippen molar-refractivity contribution in [1.82, 2.24) is 14.9 Å². The molecule has 0 unspecified atom stereocenters. The second-order valence-corrected chi connectivity index (χ2v) is 7.36. The second-order valence-electron chi connectivity index (χ2n) is 7.36. The van der Waals surface area contributed by atoms with E-state index in [-0.39, 0.29) is 5.91 Å². The Morgan fingerprint density at radius 2 is 2.07 bits per heavy atom. The van der Waals surface area contributed by atoms with Crippen LogP contribution in [-0.4, -0.2) is 33.9 Å². The van der Waals surface area contributed by atoms with Crippen LogP contribution >= 0.6 is 0 Å². The van der Waals surface area contributed by atoms with Crippen molar-refractivity contribution in [2.75, 3.05) is 13.1 Å². The van der Waals surface area contributed by atoms with Crippen LogP contribution in [0, 0.1) is 6.92 Å². The fourth-order valence-electron chi connectivity index (χ4n) is 4.13. The van der Waals surface area contributed by atoms with Gasteiger partial charge in [-0.15, -0.1) is 0 Å². The van der Waals surface area contributed by atoms with Gasteiger partial charge in [0.15, 0.2) is 5.76 Å². The van der Waals surface area contributed by atoms with Crippen LogP contribution in [-0.2, 0) is 0 Å². The number of nitrogens with zero attached hydrogens (tertiary/aromatic N) is 2. The normalized spacial score (nSPS) is 15.7. The van der Waals surface area contributed by atoms with Gasteiger partial charge in [-0.2, -0.15) is 0 Å². The molecule has 0 saturated carbocycles. The first kappa shape index (κ1) is 16.1. The number of piperidine rings is 1. The minimum absolute atomic E-state index is 0.0112. The molecule has 1 fully saturated rings. The quantitative estimate of drug-likeness (QED) is 0.567. The van der Waals surface area contributed by atoms with Crippen molar-refractivity contribution in [2.24, 2.45) is 0 Å². The van der Waals surface area contributed by atoms with Gasteiger partial charge in [-0.1, -0.05) is 11.6 Å². The first-order valence-corrected chi connectivity index (χ1v) is 9.40. The van der Waals surface area contributed by atoms with Crippen molar-refractivity contribution >= 4 is 27.9 Å². The Balaban J connectivity index is 1.32. The number of fused-ring (bicyclic) bond motifs is 2. The van der Waals surface area contributed by atoms with Gasteiger partial charge in [0.25, 0.3) is 5.91 Å². The third-order valence-electron chi connectivity index (χ3n) is 5.59. The van der Waals surface area contributed by atoms with Crippen LogP contribution in [0.5, 0.6) is 0 Å². The number of hydrogen-bond donors (Lipinski definition) is 1. The minimum atomic E-state index is -0.0112. The summed E-state index contributed by atoms with van der Waals surface area (Å²) in [6.07, 6.45) is 5.78. The molecule has 136 valence electrons. The Morgan fingerprint density at radius 1 is 1.22 bits per heavy atom. The number of aryl methyl sites for hydroxylation is 1. The zero-order valence-corrected chi connectivity index (χ0v) is 15.2. The van der Waals surface area contributed by atoms with Gasteiger partial charge in [-0.05, 0) is 61.6 Å². The van der Waals surface area contributed by atoms with E-state index in [0.717, 1.165) is 48.1 Å². The number of benzene rings is 1. The van der Waals surface area contributed by atoms with Crippen LogP contribution in [0.25, 0.3) is 22.0 Å². The Kier molecular flexibility index (Phi) is 3.74. The number of furan rings is 1. The third kappa shape index (κ3) is 2.79. The van der Waals surface area contributed by atoms with Crippen molar-refractivity contribution in [3.63, 3.8) is 0 Å². The maximum absolute atomic E-state index is 12.9. The van der Waals surface area contributed by atoms with Gasteiger partial charge >= 0.3 is 0 Å². The summed E-state index contributed by atoms with van der Waals surface area (Å²) in [4.78, 5) is 22.4. The molecular weight excluding hydrogens is 338 g/mol. The molecule has 1 N–H and O–H groups in total. The number of aromatic nitrogens is 2. The van der Waals surface area contributed by atoms with E-state index in [9.17, 15) is 4.79 Å². The summed E-state index contributed by atoms with van der Waals surface area (Å²) in [5.74, 6) is 0.874. The molecule has 3 aromatic heterocycles. The van der Waals surface area contributed by atoms with E-state index in [0.29, 0.717) is 11.7 Å². The minimum Gasteiger partial charge on any atom is -0.451 e. The van der Waals surface area contributed by atoms with Crippen LogP contribution in [0.3, 0.4) is 0 Å². The smallest absolute Gasteiger partial charge is 0.289 e. The molecule has 1 aromatic carbocycles. The fraction of sp³-hybridized carbons (Fsp3) is 0.273. The standard InChI is InChI=1S/C22H21N3O2/c1-14-4-5-19-16(11-14)12-20(27-19)22(26)25-9-6-15(7-10-25)18-13-24-21-17(18)3-2-8-23-21/h2-5,8,11-13,15H,6-7,9-10H2,1H3,(H,23,24). The molecule has 0 bridgehead atoms. The highest BCUT2D eigenvalue weighted by molar-refractivity contribution is 5.96. The highest BCUT2D eigenvalue weighted by atomic mass is 16.3. The van der Waals surface area contributed by atoms with E-state index in [4.69, 9.17) is 4.42 Å². The molecule has 1 amide bonds. The highest BCUT2D eigenvalue weighted by Crippen LogP contribution is 2.33. The predicted molar refractivity (Wildman–Crippen MR) is 105 cm³/mol. The number of rotatable bonds is 2. The molecular formula is C22H21N3O2. The number of H-pyrrole nitrogens is 1. The molecule has 4 heterocycles. The summed E-state index contributed by atoms with van der Waals surface area (Å²) < 4.78 is 5.79. The molecule has 5 heteroatoms. The van der Waals surface area contributed by atoms with Gasteiger partial charge in [0.1, 0.15) is 11.2 Å². The number of amides is 1. The summed E-state index contributed by atoms with van der Waals surface area (Å²) in [7, 11) is 0. The third-order valence-corrected chi connectivity index (χ3v) is 5.59. The number of nitrogens with one attached hydrogen (secondary N) is 1. The van der Waals surface area contributed by atoms with Crippen molar-refractivity contribution < 1.29 is 9.21 Å². The molecule has 0 atom stereocenters. The Morgan fingerprint density at radius 3 is 2.93 bits per heavy atom. The van der Waals surface area contributed by atoms with Crippen molar-refractivity contribution in [3.05, 3.63) is 65.7 Å².